The van der Waals surface area contributed by atoms with Crippen molar-refractivity contribution in [2.24, 2.45) is 5.10 Å². The maximum Gasteiger partial charge on any atom is 0.346 e. The summed E-state index contributed by atoms with van der Waals surface area (Å²) in [4.78, 5) is 29.9. The number of rotatable bonds is 6. The largest absolute Gasteiger partial charge is 0.476 e. The number of benzene rings is 3. The van der Waals surface area contributed by atoms with E-state index in [0.717, 1.165) is 9.86 Å². The number of furan rings is 1. The van der Waals surface area contributed by atoms with Gasteiger partial charge >= 0.3 is 5.97 Å². The van der Waals surface area contributed by atoms with Gasteiger partial charge in [-0.3, -0.25) is 4.79 Å². The molecule has 5 rings (SSSR count). The van der Waals surface area contributed by atoms with E-state index in [0.29, 0.717) is 32.3 Å². The van der Waals surface area contributed by atoms with Crippen molar-refractivity contribution in [2.75, 3.05) is 7.11 Å². The molecule has 0 fully saturated rings. The lowest BCUT2D eigenvalue weighted by Gasteiger charge is -2.15. The molecule has 0 amide bonds. The van der Waals surface area contributed by atoms with Crippen molar-refractivity contribution in [3.8, 4) is 17.3 Å². The van der Waals surface area contributed by atoms with Crippen LogP contribution in [-0.2, 0) is 9.53 Å². The lowest BCUT2D eigenvalue weighted by molar-refractivity contribution is -0.147. The Kier molecular flexibility index (Phi) is 7.38. The van der Waals surface area contributed by atoms with Crippen molar-refractivity contribution in [1.82, 2.24) is 9.66 Å². The van der Waals surface area contributed by atoms with Crippen LogP contribution in [0.3, 0.4) is 0 Å². The zero-order chi connectivity index (χ0) is 27.0. The van der Waals surface area contributed by atoms with Crippen LogP contribution in [0.1, 0.15) is 12.5 Å². The van der Waals surface area contributed by atoms with Crippen molar-refractivity contribution in [2.45, 2.75) is 13.0 Å². The van der Waals surface area contributed by atoms with E-state index in [1.165, 1.54) is 18.0 Å². The second kappa shape index (κ2) is 10.7. The predicted molar refractivity (Wildman–Crippen MR) is 153 cm³/mol. The Hall–Kier alpha value is -3.47. The molecule has 38 heavy (non-hydrogen) atoms. The first kappa shape index (κ1) is 26.1. The van der Waals surface area contributed by atoms with Crippen LogP contribution in [0.5, 0.6) is 5.75 Å². The third-order valence-corrected chi connectivity index (χ3v) is 6.99. The Labute approximate surface area is 238 Å². The number of halogens is 3. The van der Waals surface area contributed by atoms with E-state index in [4.69, 9.17) is 25.5 Å². The SMILES string of the molecule is COC(=O)[C@@H](C)Oc1c(Cl)cc(C=Nn2c(-c3cc4cc(Br)ccc4o3)nc3ccccc3c2=O)cc1Br. The van der Waals surface area contributed by atoms with Gasteiger partial charge in [-0.2, -0.15) is 9.78 Å². The molecule has 192 valence electrons. The van der Waals surface area contributed by atoms with E-state index in [9.17, 15) is 9.59 Å². The van der Waals surface area contributed by atoms with Gasteiger partial charge in [-0.15, -0.1) is 0 Å². The zero-order valence-corrected chi connectivity index (χ0v) is 23.9. The standard InChI is InChI=1S/C27H18Br2ClN3O5/c1-14(27(35)36-2)37-24-19(29)9-15(10-20(24)30)13-31-33-25(32-21-6-4-3-5-18(21)26(33)34)23-12-16-11-17(28)7-8-22(16)38-23/h3-14H,1-2H3/t14-/m1/s1. The molecule has 0 aliphatic heterocycles. The number of esters is 1. The van der Waals surface area contributed by atoms with E-state index >= 15 is 0 Å². The van der Waals surface area contributed by atoms with Crippen LogP contribution in [0.15, 0.2) is 83.9 Å². The number of hydrogen-bond acceptors (Lipinski definition) is 7. The lowest BCUT2D eigenvalue weighted by atomic mass is 10.2. The van der Waals surface area contributed by atoms with Crippen LogP contribution in [0, 0.1) is 0 Å². The van der Waals surface area contributed by atoms with Gasteiger partial charge in [0.15, 0.2) is 17.6 Å². The maximum absolute atomic E-state index is 13.5. The van der Waals surface area contributed by atoms with Gasteiger partial charge in [-0.25, -0.2) is 9.78 Å². The highest BCUT2D eigenvalue weighted by Crippen LogP contribution is 2.35. The van der Waals surface area contributed by atoms with E-state index in [1.54, 1.807) is 37.3 Å². The van der Waals surface area contributed by atoms with E-state index in [1.807, 2.05) is 30.3 Å². The molecule has 5 aromatic rings. The van der Waals surface area contributed by atoms with E-state index < -0.39 is 12.1 Å². The van der Waals surface area contributed by atoms with Crippen molar-refractivity contribution < 1.29 is 18.7 Å². The van der Waals surface area contributed by atoms with Gasteiger partial charge in [0.25, 0.3) is 5.56 Å². The first-order chi connectivity index (χ1) is 18.2. The molecule has 0 N–H and O–H groups in total. The van der Waals surface area contributed by atoms with Crippen molar-refractivity contribution in [3.05, 3.63) is 90.5 Å². The van der Waals surface area contributed by atoms with Crippen LogP contribution in [0.2, 0.25) is 5.02 Å². The molecule has 1 atom stereocenters. The van der Waals surface area contributed by atoms with Gasteiger partial charge in [0.05, 0.1) is 33.7 Å². The number of fused-ring (bicyclic) bond motifs is 2. The van der Waals surface area contributed by atoms with Gasteiger partial charge in [0.2, 0.25) is 5.82 Å². The second-order valence-electron chi connectivity index (χ2n) is 8.20. The summed E-state index contributed by atoms with van der Waals surface area (Å²) < 4.78 is 19.0. The molecular weight excluding hydrogens is 642 g/mol. The van der Waals surface area contributed by atoms with Gasteiger partial charge in [0, 0.05) is 9.86 Å². The average molecular weight is 660 g/mol. The summed E-state index contributed by atoms with van der Waals surface area (Å²) in [6, 6.07) is 17.8. The minimum absolute atomic E-state index is 0.239. The van der Waals surface area contributed by atoms with Gasteiger partial charge in [-0.1, -0.05) is 39.7 Å². The van der Waals surface area contributed by atoms with Gasteiger partial charge < -0.3 is 13.9 Å². The summed E-state index contributed by atoms with van der Waals surface area (Å²) in [6.07, 6.45) is 0.618. The third-order valence-electron chi connectivity index (χ3n) is 5.62. The summed E-state index contributed by atoms with van der Waals surface area (Å²) in [5, 5.41) is 5.95. The summed E-state index contributed by atoms with van der Waals surface area (Å²) in [5.74, 6) is 0.375. The van der Waals surface area contributed by atoms with Crippen LogP contribution in [-0.4, -0.2) is 35.1 Å². The predicted octanol–water partition coefficient (Wildman–Crippen LogP) is 6.81. The second-order valence-corrected chi connectivity index (χ2v) is 10.4. The lowest BCUT2D eigenvalue weighted by Crippen LogP contribution is -2.25. The van der Waals surface area contributed by atoms with Gasteiger partial charge in [0.1, 0.15) is 5.58 Å². The van der Waals surface area contributed by atoms with Crippen LogP contribution < -0.4 is 10.3 Å². The summed E-state index contributed by atoms with van der Waals surface area (Å²) >= 11 is 13.3. The summed E-state index contributed by atoms with van der Waals surface area (Å²) in [5.41, 5.74) is 1.38. The molecule has 0 radical (unpaired) electrons. The molecule has 3 aromatic carbocycles. The normalized spacial score (nSPS) is 12.3. The molecule has 8 nitrogen and oxygen atoms in total. The van der Waals surface area contributed by atoms with Gasteiger partial charge in [-0.05, 0) is 76.9 Å². The third kappa shape index (κ3) is 5.11. The Bertz CT molecular complexity index is 1770. The Morgan fingerprint density at radius 2 is 1.95 bits per heavy atom. The molecule has 0 saturated heterocycles. The fourth-order valence-electron chi connectivity index (χ4n) is 3.80. The first-order valence-corrected chi connectivity index (χ1v) is 13.2. The number of methoxy groups -OCH3 is 1. The molecular formula is C27H18Br2ClN3O5. The average Bonchev–Trinajstić information content (AvgIpc) is 3.32. The molecule has 0 unspecified atom stereocenters. The zero-order valence-electron chi connectivity index (χ0n) is 19.9. The number of carbonyl (C=O) groups is 1. The smallest absolute Gasteiger partial charge is 0.346 e. The van der Waals surface area contributed by atoms with E-state index in [2.05, 4.69) is 41.9 Å². The number of ether oxygens (including phenoxy) is 2. The number of hydrogen-bond donors (Lipinski definition) is 0. The fraction of sp³-hybridized carbons (Fsp3) is 0.111. The highest BCUT2D eigenvalue weighted by Gasteiger charge is 2.20. The summed E-state index contributed by atoms with van der Waals surface area (Å²) in [7, 11) is 1.28. The topological polar surface area (TPSA) is 95.9 Å². The molecule has 2 heterocycles. The quantitative estimate of drug-likeness (QED) is 0.147. The van der Waals surface area contributed by atoms with Crippen molar-refractivity contribution in [1.29, 1.82) is 0 Å². The first-order valence-electron chi connectivity index (χ1n) is 11.2. The number of carbonyl (C=O) groups excluding carboxylic acids is 1. The minimum atomic E-state index is -0.859. The summed E-state index contributed by atoms with van der Waals surface area (Å²) in [6.45, 7) is 1.56. The molecule has 11 heteroatoms. The highest BCUT2D eigenvalue weighted by atomic mass is 79.9. The van der Waals surface area contributed by atoms with Crippen LogP contribution in [0.4, 0.5) is 0 Å². The monoisotopic (exact) mass is 657 g/mol. The number of nitrogens with zero attached hydrogens (tertiary/aromatic N) is 3. The molecule has 0 aliphatic rings. The van der Waals surface area contributed by atoms with E-state index in [-0.39, 0.29) is 22.2 Å². The Morgan fingerprint density at radius 1 is 1.16 bits per heavy atom. The maximum atomic E-state index is 13.5. The molecule has 0 spiro atoms. The number of aromatic nitrogens is 2. The molecule has 0 bridgehead atoms. The Morgan fingerprint density at radius 3 is 2.71 bits per heavy atom. The van der Waals surface area contributed by atoms with Crippen LogP contribution >= 0.6 is 43.5 Å². The minimum Gasteiger partial charge on any atom is -0.476 e. The van der Waals surface area contributed by atoms with Crippen LogP contribution in [0.25, 0.3) is 33.5 Å². The molecule has 2 aromatic heterocycles. The molecule has 0 saturated carbocycles. The van der Waals surface area contributed by atoms with Crippen molar-refractivity contribution in [3.63, 3.8) is 0 Å². The molecule has 0 aliphatic carbocycles. The fourth-order valence-corrected chi connectivity index (χ4v) is 5.13. The van der Waals surface area contributed by atoms with Crippen molar-refractivity contribution >= 4 is 77.5 Å². The number of para-hydroxylation sites is 1. The Balaban J connectivity index is 1.59. The highest BCUT2D eigenvalue weighted by molar-refractivity contribution is 9.10.